The third-order valence-corrected chi connectivity index (χ3v) is 9.93. The van der Waals surface area contributed by atoms with Gasteiger partial charge in [0, 0.05) is 45.4 Å². The van der Waals surface area contributed by atoms with Crippen LogP contribution in [-0.2, 0) is 0 Å². The minimum absolute atomic E-state index is 0.675. The molecule has 3 aromatic heterocycles. The fraction of sp³-hybridized carbons (Fsp3) is 0. The fourth-order valence-electron chi connectivity index (χ4n) is 7.23. The lowest BCUT2D eigenvalue weighted by molar-refractivity contribution is 0.669. The van der Waals surface area contributed by atoms with Crippen LogP contribution in [0.5, 0.6) is 0 Å². The molecule has 0 radical (unpaired) electrons. The number of hydrogen-bond donors (Lipinski definition) is 0. The molecule has 0 saturated heterocycles. The zero-order valence-corrected chi connectivity index (χ0v) is 28.6. The Kier molecular flexibility index (Phi) is 7.43. The van der Waals surface area contributed by atoms with E-state index >= 15 is 0 Å². The molecule has 248 valence electrons. The highest BCUT2D eigenvalue weighted by molar-refractivity contribution is 6.06. The molecule has 0 amide bonds. The Bertz CT molecular complexity index is 2950. The van der Waals surface area contributed by atoms with Gasteiger partial charge in [-0.3, -0.25) is 4.98 Å². The van der Waals surface area contributed by atoms with Gasteiger partial charge in [0.05, 0.1) is 11.4 Å². The second-order valence-corrected chi connectivity index (χ2v) is 13.3. The summed E-state index contributed by atoms with van der Waals surface area (Å²) in [7, 11) is 0. The van der Waals surface area contributed by atoms with Crippen molar-refractivity contribution in [1.29, 1.82) is 0 Å². The monoisotopic (exact) mass is 677 g/mol. The van der Waals surface area contributed by atoms with Gasteiger partial charge in [0.15, 0.2) is 5.82 Å². The molecular weight excluding hydrogens is 647 g/mol. The first-order valence-corrected chi connectivity index (χ1v) is 17.7. The number of nitrogens with zero attached hydrogens (tertiary/aromatic N) is 3. The predicted octanol–water partition coefficient (Wildman–Crippen LogP) is 12.9. The van der Waals surface area contributed by atoms with Gasteiger partial charge in [-0.25, -0.2) is 9.97 Å². The quantitative estimate of drug-likeness (QED) is 0.176. The Morgan fingerprint density at radius 1 is 0.340 bits per heavy atom. The number of pyridine rings is 1. The molecule has 7 aromatic carbocycles. The van der Waals surface area contributed by atoms with Crippen LogP contribution in [0.4, 0.5) is 0 Å². The molecule has 0 spiro atoms. The van der Waals surface area contributed by atoms with Crippen molar-refractivity contribution in [1.82, 2.24) is 15.0 Å². The molecule has 4 nitrogen and oxygen atoms in total. The zero-order valence-electron chi connectivity index (χ0n) is 28.6. The molecule has 0 saturated carbocycles. The molecule has 0 N–H and O–H groups in total. The SMILES string of the molecule is c1ccc(-c2nc(-c3cccc(-c4cccnc4)c3)cc(-c3cc(-c4ccc5ccccc5c4)cc(-c4ccc5oc6ccccc6c5c4)c3)n2)cc1. The van der Waals surface area contributed by atoms with Gasteiger partial charge < -0.3 is 4.42 Å². The minimum Gasteiger partial charge on any atom is -0.456 e. The Balaban J connectivity index is 1.19. The van der Waals surface area contributed by atoms with E-state index in [0.717, 1.165) is 83.4 Å². The van der Waals surface area contributed by atoms with Crippen LogP contribution in [0.25, 0.3) is 100.0 Å². The smallest absolute Gasteiger partial charge is 0.160 e. The zero-order chi connectivity index (χ0) is 35.1. The van der Waals surface area contributed by atoms with Crippen molar-refractivity contribution in [2.45, 2.75) is 0 Å². The van der Waals surface area contributed by atoms with E-state index in [2.05, 4.69) is 145 Å². The van der Waals surface area contributed by atoms with Gasteiger partial charge >= 0.3 is 0 Å². The summed E-state index contributed by atoms with van der Waals surface area (Å²) in [5.41, 5.74) is 13.0. The standard InChI is InChI=1S/C49H31N3O/c1-2-11-33(12-3-1)49-51-45(38-15-8-14-35(25-38)39-16-9-23-50-31-39)30-46(52-49)42-27-40(36-20-19-32-10-4-5-13-34(32)24-36)26-41(28-42)37-21-22-48-44(29-37)43-17-6-7-18-47(43)53-48/h1-31H. The molecule has 0 unspecified atom stereocenters. The summed E-state index contributed by atoms with van der Waals surface area (Å²) in [6, 6.07) is 61.5. The topological polar surface area (TPSA) is 51.8 Å². The van der Waals surface area contributed by atoms with Crippen LogP contribution < -0.4 is 0 Å². The van der Waals surface area contributed by atoms with Crippen LogP contribution in [0, 0.1) is 0 Å². The average molecular weight is 678 g/mol. The minimum atomic E-state index is 0.675. The van der Waals surface area contributed by atoms with Gasteiger partial charge in [-0.1, -0.05) is 115 Å². The van der Waals surface area contributed by atoms with Crippen molar-refractivity contribution in [3.63, 3.8) is 0 Å². The molecule has 0 bridgehead atoms. The van der Waals surface area contributed by atoms with Crippen molar-refractivity contribution in [3.05, 3.63) is 188 Å². The molecule has 0 aliphatic rings. The molecule has 0 aliphatic heterocycles. The molecule has 53 heavy (non-hydrogen) atoms. The molecule has 4 heteroatoms. The lowest BCUT2D eigenvalue weighted by Crippen LogP contribution is -1.97. The van der Waals surface area contributed by atoms with Gasteiger partial charge in [-0.15, -0.1) is 0 Å². The van der Waals surface area contributed by atoms with Crippen molar-refractivity contribution >= 4 is 32.7 Å². The number of hydrogen-bond acceptors (Lipinski definition) is 4. The van der Waals surface area contributed by atoms with E-state index in [4.69, 9.17) is 14.4 Å². The third-order valence-electron chi connectivity index (χ3n) is 9.93. The van der Waals surface area contributed by atoms with E-state index < -0.39 is 0 Å². The third kappa shape index (κ3) is 5.82. The summed E-state index contributed by atoms with van der Waals surface area (Å²) in [5, 5.41) is 4.62. The maximum Gasteiger partial charge on any atom is 0.160 e. The number of fused-ring (bicyclic) bond motifs is 4. The highest BCUT2D eigenvalue weighted by Gasteiger charge is 2.16. The van der Waals surface area contributed by atoms with Crippen molar-refractivity contribution in [3.8, 4) is 67.3 Å². The predicted molar refractivity (Wildman–Crippen MR) is 217 cm³/mol. The lowest BCUT2D eigenvalue weighted by Gasteiger charge is -2.14. The Morgan fingerprint density at radius 3 is 1.81 bits per heavy atom. The first kappa shape index (κ1) is 30.6. The van der Waals surface area contributed by atoms with Crippen LogP contribution in [0.2, 0.25) is 0 Å². The number of aromatic nitrogens is 3. The normalized spacial score (nSPS) is 11.4. The van der Waals surface area contributed by atoms with Crippen LogP contribution in [-0.4, -0.2) is 15.0 Å². The second-order valence-electron chi connectivity index (χ2n) is 13.3. The highest BCUT2D eigenvalue weighted by atomic mass is 16.3. The van der Waals surface area contributed by atoms with Crippen LogP contribution in [0.3, 0.4) is 0 Å². The van der Waals surface area contributed by atoms with Crippen LogP contribution in [0.15, 0.2) is 193 Å². The van der Waals surface area contributed by atoms with Gasteiger partial charge in [0.2, 0.25) is 0 Å². The first-order chi connectivity index (χ1) is 26.2. The van der Waals surface area contributed by atoms with Crippen molar-refractivity contribution in [2.24, 2.45) is 0 Å². The summed E-state index contributed by atoms with van der Waals surface area (Å²) in [6.07, 6.45) is 3.69. The van der Waals surface area contributed by atoms with E-state index in [9.17, 15) is 0 Å². The van der Waals surface area contributed by atoms with Gasteiger partial charge in [-0.05, 0) is 99.3 Å². The maximum atomic E-state index is 6.20. The average Bonchev–Trinajstić information content (AvgIpc) is 3.62. The number of benzene rings is 7. The summed E-state index contributed by atoms with van der Waals surface area (Å²) < 4.78 is 6.20. The summed E-state index contributed by atoms with van der Waals surface area (Å²) in [5.74, 6) is 0.675. The lowest BCUT2D eigenvalue weighted by atomic mass is 9.93. The fourth-order valence-corrected chi connectivity index (χ4v) is 7.23. The van der Waals surface area contributed by atoms with E-state index in [-0.39, 0.29) is 0 Å². The molecular formula is C49H31N3O. The first-order valence-electron chi connectivity index (χ1n) is 17.7. The molecule has 3 heterocycles. The second kappa shape index (κ2) is 12.9. The summed E-state index contributed by atoms with van der Waals surface area (Å²) in [6.45, 7) is 0. The largest absolute Gasteiger partial charge is 0.456 e. The van der Waals surface area contributed by atoms with Crippen molar-refractivity contribution < 1.29 is 4.42 Å². The highest BCUT2D eigenvalue weighted by Crippen LogP contribution is 2.38. The maximum absolute atomic E-state index is 6.20. The molecule has 0 aliphatic carbocycles. The van der Waals surface area contributed by atoms with Crippen LogP contribution >= 0.6 is 0 Å². The molecule has 10 rings (SSSR count). The number of furan rings is 1. The van der Waals surface area contributed by atoms with E-state index in [1.165, 1.54) is 10.8 Å². The van der Waals surface area contributed by atoms with E-state index in [1.54, 1.807) is 6.20 Å². The van der Waals surface area contributed by atoms with Gasteiger partial charge in [0.25, 0.3) is 0 Å². The number of para-hydroxylation sites is 1. The number of rotatable bonds is 6. The molecule has 10 aromatic rings. The molecule has 0 atom stereocenters. The Morgan fingerprint density at radius 2 is 0.962 bits per heavy atom. The van der Waals surface area contributed by atoms with Gasteiger partial charge in [-0.2, -0.15) is 0 Å². The molecule has 0 fully saturated rings. The Hall–Kier alpha value is -7.17. The van der Waals surface area contributed by atoms with Crippen molar-refractivity contribution in [2.75, 3.05) is 0 Å². The van der Waals surface area contributed by atoms with Crippen LogP contribution in [0.1, 0.15) is 0 Å². The summed E-state index contributed by atoms with van der Waals surface area (Å²) in [4.78, 5) is 14.7. The van der Waals surface area contributed by atoms with E-state index in [0.29, 0.717) is 5.82 Å². The summed E-state index contributed by atoms with van der Waals surface area (Å²) >= 11 is 0. The van der Waals surface area contributed by atoms with Gasteiger partial charge in [0.1, 0.15) is 11.2 Å². The van der Waals surface area contributed by atoms with E-state index in [1.807, 2.05) is 42.6 Å². The Labute approximate surface area is 306 Å².